The van der Waals surface area contributed by atoms with E-state index >= 15 is 0 Å². The van der Waals surface area contributed by atoms with Crippen LogP contribution >= 0.6 is 34.5 Å². The quantitative estimate of drug-likeness (QED) is 0.216. The van der Waals surface area contributed by atoms with E-state index in [1.54, 1.807) is 13.2 Å². The van der Waals surface area contributed by atoms with Crippen LogP contribution in [0, 0.1) is 11.8 Å². The lowest BCUT2D eigenvalue weighted by atomic mass is 9.80. The zero-order valence-electron chi connectivity index (χ0n) is 22.4. The molecule has 1 aliphatic heterocycles. The van der Waals surface area contributed by atoms with E-state index in [2.05, 4.69) is 10.1 Å². The van der Waals surface area contributed by atoms with Crippen molar-refractivity contribution in [1.29, 1.82) is 0 Å². The smallest absolute Gasteiger partial charge is 0.335 e. The van der Waals surface area contributed by atoms with Gasteiger partial charge in [-0.25, -0.2) is 9.78 Å². The molecule has 3 heterocycles. The van der Waals surface area contributed by atoms with Crippen LogP contribution in [0.25, 0.3) is 21.5 Å². The Labute approximate surface area is 251 Å². The fourth-order valence-corrected chi connectivity index (χ4v) is 7.96. The number of thiazole rings is 1. The lowest BCUT2D eigenvalue weighted by Crippen LogP contribution is -2.28. The highest BCUT2D eigenvalue weighted by atomic mass is 35.5. The van der Waals surface area contributed by atoms with E-state index in [-0.39, 0.29) is 11.7 Å². The third-order valence-corrected chi connectivity index (χ3v) is 10.3. The van der Waals surface area contributed by atoms with Crippen LogP contribution in [0.5, 0.6) is 5.75 Å². The highest BCUT2D eigenvalue weighted by molar-refractivity contribution is 7.22. The van der Waals surface area contributed by atoms with Crippen LogP contribution in [-0.4, -0.2) is 47.5 Å². The molecule has 0 bridgehead atoms. The average molecular weight is 615 g/mol. The van der Waals surface area contributed by atoms with E-state index in [1.165, 1.54) is 17.4 Å². The molecule has 0 radical (unpaired) electrons. The number of aromatic nitrogens is 2. The maximum atomic E-state index is 11.6. The van der Waals surface area contributed by atoms with E-state index in [4.69, 9.17) is 42.2 Å². The molecule has 8 nitrogen and oxygen atoms in total. The van der Waals surface area contributed by atoms with Crippen LogP contribution < -0.4 is 9.64 Å². The molecule has 41 heavy (non-hydrogen) atoms. The molecule has 0 unspecified atom stereocenters. The first-order valence-corrected chi connectivity index (χ1v) is 15.5. The lowest BCUT2D eigenvalue weighted by molar-refractivity contribution is -0.00495. The summed E-state index contributed by atoms with van der Waals surface area (Å²) < 4.78 is 18.7. The van der Waals surface area contributed by atoms with Crippen molar-refractivity contribution in [1.82, 2.24) is 10.1 Å². The van der Waals surface area contributed by atoms with Crippen molar-refractivity contribution < 1.29 is 23.9 Å². The van der Waals surface area contributed by atoms with Crippen LogP contribution in [0.3, 0.4) is 0 Å². The summed E-state index contributed by atoms with van der Waals surface area (Å²) in [6, 6.07) is 8.68. The Kier molecular flexibility index (Phi) is 7.09. The Hall–Kier alpha value is -2.85. The molecule has 2 aliphatic carbocycles. The molecule has 2 aromatic heterocycles. The minimum atomic E-state index is -0.976. The molecule has 2 saturated carbocycles. The van der Waals surface area contributed by atoms with Gasteiger partial charge in [-0.05, 0) is 68.2 Å². The van der Waals surface area contributed by atoms with E-state index in [9.17, 15) is 9.90 Å². The van der Waals surface area contributed by atoms with Gasteiger partial charge in [-0.1, -0.05) is 45.8 Å². The second-order valence-corrected chi connectivity index (χ2v) is 13.1. The summed E-state index contributed by atoms with van der Waals surface area (Å²) in [6.45, 7) is 2.26. The zero-order valence-corrected chi connectivity index (χ0v) is 24.8. The third-order valence-electron chi connectivity index (χ3n) is 8.62. The number of benzene rings is 2. The fraction of sp³-hybridized carbons (Fsp3) is 0.433. The summed E-state index contributed by atoms with van der Waals surface area (Å²) in [6.07, 6.45) is 5.39. The number of aromatic carboxylic acids is 1. The van der Waals surface area contributed by atoms with E-state index in [1.807, 2.05) is 18.2 Å². The molecular weight excluding hydrogens is 585 g/mol. The summed E-state index contributed by atoms with van der Waals surface area (Å²) in [7, 11) is 1.54. The predicted octanol–water partition coefficient (Wildman–Crippen LogP) is 7.66. The SMILES string of the molecule is COc1cc(C(=O)O)cc2sc(N3C[C@H]4C[C@H](OCc5c(-c6c(Cl)cccc6Cl)noc5C5CC5)CC[C@H]4C3)nc12. The second kappa shape index (κ2) is 10.8. The first kappa shape index (κ1) is 27.0. The van der Waals surface area contributed by atoms with Gasteiger partial charge in [-0.15, -0.1) is 0 Å². The van der Waals surface area contributed by atoms with Crippen molar-refractivity contribution in [3.8, 4) is 17.0 Å². The maximum absolute atomic E-state index is 11.6. The minimum absolute atomic E-state index is 0.140. The van der Waals surface area contributed by atoms with Gasteiger partial charge in [0.05, 0.1) is 40.1 Å². The van der Waals surface area contributed by atoms with Crippen molar-refractivity contribution in [2.24, 2.45) is 11.8 Å². The highest BCUT2D eigenvalue weighted by Gasteiger charge is 2.40. The van der Waals surface area contributed by atoms with Crippen LogP contribution in [0.15, 0.2) is 34.9 Å². The molecule has 4 aromatic rings. The maximum Gasteiger partial charge on any atom is 0.335 e. The largest absolute Gasteiger partial charge is 0.494 e. The summed E-state index contributed by atoms with van der Waals surface area (Å²) >= 11 is 14.6. The second-order valence-electron chi connectivity index (χ2n) is 11.2. The monoisotopic (exact) mass is 613 g/mol. The molecule has 3 fully saturated rings. The van der Waals surface area contributed by atoms with Gasteiger partial charge in [-0.2, -0.15) is 0 Å². The standard InChI is InChI=1S/C30H29Cl2N3O5S/c1-38-23-10-17(29(36)37)11-24-27(23)33-30(41-24)35-12-16-7-8-19(9-18(16)13-35)39-14-20-26(34-40-28(20)15-5-6-15)25-21(31)3-2-4-22(25)32/h2-4,10-11,15-16,18-19H,5-9,12-14H2,1H3,(H,36,37)/t16-,18+,19+/m0/s1. The molecule has 1 saturated heterocycles. The number of ether oxygens (including phenoxy) is 2. The predicted molar refractivity (Wildman–Crippen MR) is 159 cm³/mol. The molecule has 214 valence electrons. The van der Waals surface area contributed by atoms with Crippen molar-refractivity contribution in [2.75, 3.05) is 25.1 Å². The average Bonchev–Trinajstić information content (AvgIpc) is 3.37. The Morgan fingerprint density at radius 1 is 1.15 bits per heavy atom. The minimum Gasteiger partial charge on any atom is -0.494 e. The number of fused-ring (bicyclic) bond motifs is 2. The molecule has 1 N–H and O–H groups in total. The third kappa shape index (κ3) is 5.07. The zero-order chi connectivity index (χ0) is 28.2. The number of carbonyl (C=O) groups is 1. The molecule has 2 aromatic carbocycles. The van der Waals surface area contributed by atoms with Gasteiger partial charge in [0, 0.05) is 30.1 Å². The number of carboxylic acids is 1. The van der Waals surface area contributed by atoms with Gasteiger partial charge in [-0.3, -0.25) is 0 Å². The first-order valence-electron chi connectivity index (χ1n) is 13.9. The number of hydrogen-bond acceptors (Lipinski definition) is 8. The number of rotatable bonds is 8. The Morgan fingerprint density at radius 3 is 2.66 bits per heavy atom. The van der Waals surface area contributed by atoms with E-state index in [0.29, 0.717) is 56.9 Å². The van der Waals surface area contributed by atoms with Crippen molar-refractivity contribution in [3.05, 3.63) is 57.3 Å². The number of carboxylic acid groups (broad SMARTS) is 1. The normalized spacial score (nSPS) is 22.3. The summed E-state index contributed by atoms with van der Waals surface area (Å²) in [5.41, 5.74) is 3.26. The highest BCUT2D eigenvalue weighted by Crippen LogP contribution is 2.47. The molecule has 3 atom stereocenters. The van der Waals surface area contributed by atoms with Crippen molar-refractivity contribution in [2.45, 2.75) is 50.7 Å². The van der Waals surface area contributed by atoms with Gasteiger partial charge in [0.15, 0.2) is 5.13 Å². The molecule has 11 heteroatoms. The number of hydrogen-bond donors (Lipinski definition) is 1. The molecule has 0 amide bonds. The molecule has 0 spiro atoms. The van der Waals surface area contributed by atoms with E-state index < -0.39 is 5.97 Å². The molecular formula is C30H29Cl2N3O5S. The number of methoxy groups -OCH3 is 1. The van der Waals surface area contributed by atoms with Gasteiger partial charge < -0.3 is 24.0 Å². The summed E-state index contributed by atoms with van der Waals surface area (Å²) in [5, 5.41) is 15.9. The number of nitrogens with zero attached hydrogens (tertiary/aromatic N) is 3. The van der Waals surface area contributed by atoms with Gasteiger partial charge in [0.25, 0.3) is 0 Å². The Balaban J connectivity index is 1.06. The lowest BCUT2D eigenvalue weighted by Gasteiger charge is -2.30. The van der Waals surface area contributed by atoms with Crippen LogP contribution in [0.4, 0.5) is 5.13 Å². The summed E-state index contributed by atoms with van der Waals surface area (Å²) in [5.74, 6) is 1.87. The summed E-state index contributed by atoms with van der Waals surface area (Å²) in [4.78, 5) is 18.8. The van der Waals surface area contributed by atoms with Crippen LogP contribution in [-0.2, 0) is 11.3 Å². The van der Waals surface area contributed by atoms with E-state index in [0.717, 1.165) is 66.3 Å². The number of anilines is 1. The fourth-order valence-electron chi connectivity index (χ4n) is 6.35. The molecule has 7 rings (SSSR count). The van der Waals surface area contributed by atoms with Gasteiger partial charge >= 0.3 is 5.97 Å². The van der Waals surface area contributed by atoms with Crippen LogP contribution in [0.1, 0.15) is 59.7 Å². The Morgan fingerprint density at radius 2 is 1.93 bits per heavy atom. The van der Waals surface area contributed by atoms with Crippen LogP contribution in [0.2, 0.25) is 10.0 Å². The Bertz CT molecular complexity index is 1610. The van der Waals surface area contributed by atoms with Gasteiger partial charge in [0.2, 0.25) is 0 Å². The van der Waals surface area contributed by atoms with Gasteiger partial charge in [0.1, 0.15) is 22.7 Å². The molecule has 3 aliphatic rings. The number of halogens is 2. The van der Waals surface area contributed by atoms with Crippen molar-refractivity contribution >= 4 is 55.9 Å². The van der Waals surface area contributed by atoms with Crippen molar-refractivity contribution in [3.63, 3.8) is 0 Å². The topological polar surface area (TPSA) is 97.9 Å². The first-order chi connectivity index (χ1) is 19.9.